The average Bonchev–Trinajstić information content (AvgIpc) is 2.40. The number of nitrogens with zero attached hydrogens (tertiary/aromatic N) is 1. The van der Waals surface area contributed by atoms with Crippen LogP contribution in [-0.2, 0) is 9.53 Å². The summed E-state index contributed by atoms with van der Waals surface area (Å²) in [6, 6.07) is 0. The third kappa shape index (κ3) is 4.23. The highest BCUT2D eigenvalue weighted by molar-refractivity contribution is 5.81. The molecule has 0 saturated carbocycles. The summed E-state index contributed by atoms with van der Waals surface area (Å²) in [6.45, 7) is 5.26. The Kier molecular flexibility index (Phi) is 5.41. The van der Waals surface area contributed by atoms with Crippen molar-refractivity contribution in [2.75, 3.05) is 46.4 Å². The van der Waals surface area contributed by atoms with Gasteiger partial charge >= 0.3 is 0 Å². The zero-order valence-corrected chi connectivity index (χ0v) is 11.3. The van der Waals surface area contributed by atoms with Gasteiger partial charge in [0, 0.05) is 26.2 Å². The number of likely N-dealkylation sites (tertiary alicyclic amines) is 1. The van der Waals surface area contributed by atoms with Crippen molar-refractivity contribution in [2.24, 2.45) is 5.92 Å². The second kappa shape index (κ2) is 7.07. The monoisotopic (exact) mass is 255 g/mol. The SMILES string of the molecule is CN1CCCC(CCNC(=O)C2CNCCO2)C1. The highest BCUT2D eigenvalue weighted by Gasteiger charge is 2.22. The number of piperidine rings is 1. The van der Waals surface area contributed by atoms with Crippen molar-refractivity contribution in [1.82, 2.24) is 15.5 Å². The highest BCUT2D eigenvalue weighted by atomic mass is 16.5. The molecule has 2 atom stereocenters. The molecule has 2 fully saturated rings. The normalized spacial score (nSPS) is 30.1. The van der Waals surface area contributed by atoms with Gasteiger partial charge in [0.2, 0.25) is 5.91 Å². The number of nitrogens with one attached hydrogen (secondary N) is 2. The Morgan fingerprint density at radius 2 is 2.44 bits per heavy atom. The summed E-state index contributed by atoms with van der Waals surface area (Å²) < 4.78 is 5.42. The van der Waals surface area contributed by atoms with E-state index < -0.39 is 0 Å². The minimum atomic E-state index is -0.298. The van der Waals surface area contributed by atoms with Gasteiger partial charge in [0.05, 0.1) is 6.61 Å². The van der Waals surface area contributed by atoms with Crippen molar-refractivity contribution in [3.63, 3.8) is 0 Å². The molecule has 104 valence electrons. The minimum absolute atomic E-state index is 0.0337. The number of carbonyl (C=O) groups is 1. The summed E-state index contributed by atoms with van der Waals surface area (Å²) in [5.41, 5.74) is 0. The second-order valence-electron chi connectivity index (χ2n) is 5.41. The van der Waals surface area contributed by atoms with Crippen LogP contribution in [0.2, 0.25) is 0 Å². The van der Waals surface area contributed by atoms with Crippen LogP contribution in [0.15, 0.2) is 0 Å². The van der Waals surface area contributed by atoms with Gasteiger partial charge in [-0.1, -0.05) is 0 Å². The summed E-state index contributed by atoms with van der Waals surface area (Å²) in [5.74, 6) is 0.765. The Morgan fingerprint density at radius 1 is 1.56 bits per heavy atom. The van der Waals surface area contributed by atoms with E-state index in [1.165, 1.54) is 19.4 Å². The Labute approximate surface area is 109 Å². The van der Waals surface area contributed by atoms with E-state index in [4.69, 9.17) is 4.74 Å². The van der Waals surface area contributed by atoms with E-state index >= 15 is 0 Å². The molecule has 0 bridgehead atoms. The van der Waals surface area contributed by atoms with Crippen LogP contribution < -0.4 is 10.6 Å². The zero-order chi connectivity index (χ0) is 12.8. The van der Waals surface area contributed by atoms with E-state index in [1.54, 1.807) is 0 Å². The molecular weight excluding hydrogens is 230 g/mol. The van der Waals surface area contributed by atoms with Crippen molar-refractivity contribution < 1.29 is 9.53 Å². The molecular formula is C13H25N3O2. The predicted octanol–water partition coefficient (Wildman–Crippen LogP) is -0.177. The molecule has 2 saturated heterocycles. The maximum atomic E-state index is 11.8. The molecule has 0 aliphatic carbocycles. The largest absolute Gasteiger partial charge is 0.366 e. The molecule has 5 nitrogen and oxygen atoms in total. The summed E-state index contributed by atoms with van der Waals surface area (Å²) in [6.07, 6.45) is 3.36. The van der Waals surface area contributed by atoms with Gasteiger partial charge in [0.15, 0.2) is 0 Å². The third-order valence-electron chi connectivity index (χ3n) is 3.79. The van der Waals surface area contributed by atoms with Gasteiger partial charge in [0.1, 0.15) is 6.10 Å². The third-order valence-corrected chi connectivity index (χ3v) is 3.79. The molecule has 1 amide bonds. The van der Waals surface area contributed by atoms with E-state index in [9.17, 15) is 4.79 Å². The standard InChI is InChI=1S/C13H25N3O2/c1-16-7-2-3-11(10-16)4-5-15-13(17)12-9-14-6-8-18-12/h11-12,14H,2-10H2,1H3,(H,15,17). The Bertz CT molecular complexity index is 267. The molecule has 2 rings (SSSR count). The summed E-state index contributed by atoms with van der Waals surface area (Å²) in [4.78, 5) is 14.2. The molecule has 0 aromatic carbocycles. The van der Waals surface area contributed by atoms with Crippen LogP contribution in [0.4, 0.5) is 0 Å². The number of carbonyl (C=O) groups excluding carboxylic acids is 1. The number of hydrogen-bond acceptors (Lipinski definition) is 4. The van der Waals surface area contributed by atoms with Crippen molar-refractivity contribution in [3.8, 4) is 0 Å². The predicted molar refractivity (Wildman–Crippen MR) is 70.5 cm³/mol. The van der Waals surface area contributed by atoms with Gasteiger partial charge < -0.3 is 20.3 Å². The van der Waals surface area contributed by atoms with E-state index in [0.717, 1.165) is 32.0 Å². The van der Waals surface area contributed by atoms with Gasteiger partial charge in [-0.05, 0) is 38.8 Å². The van der Waals surface area contributed by atoms with Crippen molar-refractivity contribution in [1.29, 1.82) is 0 Å². The summed E-state index contributed by atoms with van der Waals surface area (Å²) in [7, 11) is 2.17. The maximum absolute atomic E-state index is 11.8. The molecule has 2 aliphatic rings. The molecule has 5 heteroatoms. The second-order valence-corrected chi connectivity index (χ2v) is 5.41. The fraction of sp³-hybridized carbons (Fsp3) is 0.923. The lowest BCUT2D eigenvalue weighted by Gasteiger charge is -2.30. The van der Waals surface area contributed by atoms with Crippen LogP contribution in [-0.4, -0.2) is 63.3 Å². The number of amides is 1. The molecule has 2 N–H and O–H groups in total. The Balaban J connectivity index is 1.60. The lowest BCUT2D eigenvalue weighted by atomic mass is 9.95. The molecule has 0 spiro atoms. The van der Waals surface area contributed by atoms with Crippen LogP contribution >= 0.6 is 0 Å². The molecule has 0 aromatic heterocycles. The summed E-state index contributed by atoms with van der Waals surface area (Å²) >= 11 is 0. The Hall–Kier alpha value is -0.650. The van der Waals surface area contributed by atoms with Gasteiger partial charge in [-0.2, -0.15) is 0 Å². The molecule has 2 heterocycles. The fourth-order valence-corrected chi connectivity index (χ4v) is 2.76. The number of ether oxygens (including phenoxy) is 1. The maximum Gasteiger partial charge on any atom is 0.250 e. The molecule has 2 aliphatic heterocycles. The first-order valence-electron chi connectivity index (χ1n) is 7.04. The van der Waals surface area contributed by atoms with Gasteiger partial charge in [-0.15, -0.1) is 0 Å². The lowest BCUT2D eigenvalue weighted by molar-refractivity contribution is -0.134. The van der Waals surface area contributed by atoms with E-state index in [0.29, 0.717) is 13.2 Å². The average molecular weight is 255 g/mol. The first-order chi connectivity index (χ1) is 8.75. The first-order valence-corrected chi connectivity index (χ1v) is 7.04. The highest BCUT2D eigenvalue weighted by Crippen LogP contribution is 2.17. The lowest BCUT2D eigenvalue weighted by Crippen LogP contribution is -2.48. The topological polar surface area (TPSA) is 53.6 Å². The van der Waals surface area contributed by atoms with Crippen LogP contribution in [0, 0.1) is 5.92 Å². The van der Waals surface area contributed by atoms with E-state index in [2.05, 4.69) is 22.6 Å². The van der Waals surface area contributed by atoms with Gasteiger partial charge in [-0.3, -0.25) is 4.79 Å². The van der Waals surface area contributed by atoms with Crippen molar-refractivity contribution in [3.05, 3.63) is 0 Å². The fourth-order valence-electron chi connectivity index (χ4n) is 2.76. The molecule has 0 radical (unpaired) electrons. The van der Waals surface area contributed by atoms with Crippen LogP contribution in [0.3, 0.4) is 0 Å². The van der Waals surface area contributed by atoms with Crippen molar-refractivity contribution >= 4 is 5.91 Å². The van der Waals surface area contributed by atoms with Crippen LogP contribution in [0.1, 0.15) is 19.3 Å². The van der Waals surface area contributed by atoms with Crippen molar-refractivity contribution in [2.45, 2.75) is 25.4 Å². The molecule has 2 unspecified atom stereocenters. The van der Waals surface area contributed by atoms with Gasteiger partial charge in [0.25, 0.3) is 0 Å². The first kappa shape index (κ1) is 13.8. The quantitative estimate of drug-likeness (QED) is 0.732. The Morgan fingerprint density at radius 3 is 3.17 bits per heavy atom. The van der Waals surface area contributed by atoms with E-state index in [-0.39, 0.29) is 12.0 Å². The summed E-state index contributed by atoms with van der Waals surface area (Å²) in [5, 5.41) is 6.16. The van der Waals surface area contributed by atoms with E-state index in [1.807, 2.05) is 0 Å². The molecule has 18 heavy (non-hydrogen) atoms. The number of rotatable bonds is 4. The van der Waals surface area contributed by atoms with Crippen LogP contribution in [0.25, 0.3) is 0 Å². The zero-order valence-electron chi connectivity index (χ0n) is 11.3. The minimum Gasteiger partial charge on any atom is -0.366 e. The van der Waals surface area contributed by atoms with Gasteiger partial charge in [-0.25, -0.2) is 0 Å². The molecule has 0 aromatic rings. The number of morpholine rings is 1. The number of hydrogen-bond donors (Lipinski definition) is 2. The van der Waals surface area contributed by atoms with Crippen LogP contribution in [0.5, 0.6) is 0 Å². The smallest absolute Gasteiger partial charge is 0.250 e.